The van der Waals surface area contributed by atoms with E-state index in [0.29, 0.717) is 26.2 Å². The van der Waals surface area contributed by atoms with Gasteiger partial charge in [-0.1, -0.05) is 43.7 Å². The lowest BCUT2D eigenvalue weighted by atomic mass is 9.96. The lowest BCUT2D eigenvalue weighted by molar-refractivity contribution is -0.132. The van der Waals surface area contributed by atoms with Crippen LogP contribution in [0.5, 0.6) is 0 Å². The predicted octanol–water partition coefficient (Wildman–Crippen LogP) is 3.26. The number of hydrogen-bond donors (Lipinski definition) is 1. The molecule has 0 radical (unpaired) electrons. The molecule has 0 saturated carbocycles. The largest absolute Gasteiger partial charge is 0.381 e. The Kier molecular flexibility index (Phi) is 9.63. The number of piperidine rings is 1. The van der Waals surface area contributed by atoms with Crippen molar-refractivity contribution in [2.75, 3.05) is 32.8 Å². The molecule has 1 heterocycles. The number of nitrogens with zero attached hydrogens (tertiary/aromatic N) is 1. The first kappa shape index (κ1) is 21.2. The maximum atomic E-state index is 12.3. The van der Waals surface area contributed by atoms with Crippen molar-refractivity contribution in [1.82, 2.24) is 10.2 Å². The number of benzene rings is 1. The number of carbonyl (C=O) groups is 2. The van der Waals surface area contributed by atoms with Crippen LogP contribution in [-0.2, 0) is 14.3 Å². The first-order valence-corrected chi connectivity index (χ1v) is 10.1. The van der Waals surface area contributed by atoms with Gasteiger partial charge in [-0.25, -0.2) is 0 Å². The molecule has 1 aromatic rings. The molecule has 5 nitrogen and oxygen atoms in total. The van der Waals surface area contributed by atoms with Gasteiger partial charge >= 0.3 is 0 Å². The number of ether oxygens (including phenoxy) is 1. The van der Waals surface area contributed by atoms with E-state index in [1.54, 1.807) is 6.08 Å². The second-order valence-electron chi connectivity index (χ2n) is 6.95. The topological polar surface area (TPSA) is 58.6 Å². The van der Waals surface area contributed by atoms with Gasteiger partial charge in [-0.3, -0.25) is 9.59 Å². The Morgan fingerprint density at radius 2 is 1.85 bits per heavy atom. The zero-order valence-electron chi connectivity index (χ0n) is 16.4. The van der Waals surface area contributed by atoms with Crippen LogP contribution in [0.4, 0.5) is 0 Å². The van der Waals surface area contributed by atoms with Crippen LogP contribution in [0.1, 0.15) is 44.6 Å². The number of unbranched alkanes of at least 4 members (excludes halogenated alkanes) is 1. The van der Waals surface area contributed by atoms with E-state index in [1.165, 1.54) is 0 Å². The average Bonchev–Trinajstić information content (AvgIpc) is 2.72. The minimum Gasteiger partial charge on any atom is -0.381 e. The van der Waals surface area contributed by atoms with Crippen LogP contribution < -0.4 is 5.32 Å². The third-order valence-electron chi connectivity index (χ3n) is 4.80. The van der Waals surface area contributed by atoms with Gasteiger partial charge < -0.3 is 15.0 Å². The summed E-state index contributed by atoms with van der Waals surface area (Å²) in [6, 6.07) is 9.79. The van der Waals surface area contributed by atoms with Crippen LogP contribution in [0.25, 0.3) is 6.08 Å². The Morgan fingerprint density at radius 1 is 1.15 bits per heavy atom. The van der Waals surface area contributed by atoms with Crippen LogP contribution >= 0.6 is 0 Å². The van der Waals surface area contributed by atoms with Crippen LogP contribution in [0.2, 0.25) is 0 Å². The molecule has 0 atom stereocenters. The number of amides is 2. The molecule has 0 aromatic heterocycles. The molecule has 1 N–H and O–H groups in total. The predicted molar refractivity (Wildman–Crippen MR) is 108 cm³/mol. The Bertz CT molecular complexity index is 593. The first-order chi connectivity index (χ1) is 13.2. The molecule has 1 aliphatic heterocycles. The number of nitrogens with one attached hydrogen (secondary N) is 1. The molecule has 2 amide bonds. The fraction of sp³-hybridized carbons (Fsp3) is 0.545. The fourth-order valence-corrected chi connectivity index (χ4v) is 3.08. The van der Waals surface area contributed by atoms with Crippen molar-refractivity contribution >= 4 is 17.9 Å². The van der Waals surface area contributed by atoms with E-state index in [1.807, 2.05) is 41.3 Å². The first-order valence-electron chi connectivity index (χ1n) is 10.1. The summed E-state index contributed by atoms with van der Waals surface area (Å²) in [7, 11) is 0. The Labute approximate surface area is 162 Å². The molecule has 2 rings (SSSR count). The number of rotatable bonds is 10. The Morgan fingerprint density at radius 3 is 2.56 bits per heavy atom. The molecular formula is C22H32N2O3. The van der Waals surface area contributed by atoms with E-state index >= 15 is 0 Å². The van der Waals surface area contributed by atoms with Gasteiger partial charge in [0.15, 0.2) is 0 Å². The number of hydrogen-bond acceptors (Lipinski definition) is 3. The van der Waals surface area contributed by atoms with Gasteiger partial charge in [-0.05, 0) is 37.3 Å². The highest BCUT2D eigenvalue weighted by Crippen LogP contribution is 2.18. The van der Waals surface area contributed by atoms with Crippen molar-refractivity contribution < 1.29 is 14.3 Å². The zero-order valence-corrected chi connectivity index (χ0v) is 16.4. The van der Waals surface area contributed by atoms with E-state index in [4.69, 9.17) is 4.74 Å². The van der Waals surface area contributed by atoms with Crippen molar-refractivity contribution in [1.29, 1.82) is 0 Å². The standard InChI is InChI=1S/C22H32N2O3/c1-2-3-17-27-18-7-14-23-22(26)20-12-15-24(16-13-20)21(25)11-10-19-8-5-4-6-9-19/h4-6,8-11,20H,2-3,7,12-18H2,1H3,(H,23,26)/b11-10+. The van der Waals surface area contributed by atoms with Crippen LogP contribution in [0.15, 0.2) is 36.4 Å². The monoisotopic (exact) mass is 372 g/mol. The maximum absolute atomic E-state index is 12.3. The van der Waals surface area contributed by atoms with Gasteiger partial charge in [0.1, 0.15) is 0 Å². The molecule has 5 heteroatoms. The molecule has 148 valence electrons. The summed E-state index contributed by atoms with van der Waals surface area (Å²) in [5.74, 6) is 0.130. The van der Waals surface area contributed by atoms with E-state index in [9.17, 15) is 9.59 Å². The third-order valence-corrected chi connectivity index (χ3v) is 4.80. The Hall–Kier alpha value is -2.14. The molecule has 0 aliphatic carbocycles. The van der Waals surface area contributed by atoms with Gasteiger partial charge in [0.2, 0.25) is 11.8 Å². The highest BCUT2D eigenvalue weighted by Gasteiger charge is 2.26. The maximum Gasteiger partial charge on any atom is 0.246 e. The smallest absolute Gasteiger partial charge is 0.246 e. The molecule has 0 bridgehead atoms. The molecule has 0 spiro atoms. The quantitative estimate of drug-likeness (QED) is 0.507. The highest BCUT2D eigenvalue weighted by atomic mass is 16.5. The Balaban J connectivity index is 1.62. The second-order valence-corrected chi connectivity index (χ2v) is 6.95. The van der Waals surface area contributed by atoms with Gasteiger partial charge in [0.25, 0.3) is 0 Å². The summed E-state index contributed by atoms with van der Waals surface area (Å²) in [6.07, 6.45) is 7.98. The molecule has 1 saturated heterocycles. The van der Waals surface area contributed by atoms with Crippen molar-refractivity contribution in [2.24, 2.45) is 5.92 Å². The highest BCUT2D eigenvalue weighted by molar-refractivity contribution is 5.92. The lowest BCUT2D eigenvalue weighted by Crippen LogP contribution is -2.42. The fourth-order valence-electron chi connectivity index (χ4n) is 3.08. The van der Waals surface area contributed by atoms with Crippen molar-refractivity contribution in [2.45, 2.75) is 39.0 Å². The summed E-state index contributed by atoms with van der Waals surface area (Å²) in [6.45, 7) is 5.56. The lowest BCUT2D eigenvalue weighted by Gasteiger charge is -2.30. The van der Waals surface area contributed by atoms with E-state index in [2.05, 4.69) is 12.2 Å². The van der Waals surface area contributed by atoms with Gasteiger partial charge in [-0.15, -0.1) is 0 Å². The normalized spacial score (nSPS) is 15.2. The minimum absolute atomic E-state index is 0.00756. The van der Waals surface area contributed by atoms with Crippen molar-refractivity contribution in [3.05, 3.63) is 42.0 Å². The minimum atomic E-state index is 0.00756. The third kappa shape index (κ3) is 7.95. The number of likely N-dealkylation sites (tertiary alicyclic amines) is 1. The van der Waals surface area contributed by atoms with E-state index in [0.717, 1.165) is 44.3 Å². The molecule has 0 unspecified atom stereocenters. The van der Waals surface area contributed by atoms with Gasteiger partial charge in [-0.2, -0.15) is 0 Å². The second kappa shape index (κ2) is 12.3. The summed E-state index contributed by atoms with van der Waals surface area (Å²) in [4.78, 5) is 26.4. The summed E-state index contributed by atoms with van der Waals surface area (Å²) in [5.41, 5.74) is 1.01. The summed E-state index contributed by atoms with van der Waals surface area (Å²) >= 11 is 0. The van der Waals surface area contributed by atoms with Crippen molar-refractivity contribution in [3.8, 4) is 0 Å². The number of carbonyl (C=O) groups excluding carboxylic acids is 2. The van der Waals surface area contributed by atoms with E-state index < -0.39 is 0 Å². The summed E-state index contributed by atoms with van der Waals surface area (Å²) < 4.78 is 5.49. The van der Waals surface area contributed by atoms with E-state index in [-0.39, 0.29) is 17.7 Å². The zero-order chi connectivity index (χ0) is 19.3. The molecular weight excluding hydrogens is 340 g/mol. The van der Waals surface area contributed by atoms with Crippen LogP contribution in [0.3, 0.4) is 0 Å². The average molecular weight is 373 g/mol. The van der Waals surface area contributed by atoms with Gasteiger partial charge in [0.05, 0.1) is 0 Å². The SMILES string of the molecule is CCCCOCCCNC(=O)C1CCN(C(=O)/C=C/c2ccccc2)CC1. The summed E-state index contributed by atoms with van der Waals surface area (Å²) in [5, 5.41) is 3.00. The molecule has 1 fully saturated rings. The van der Waals surface area contributed by atoms with Crippen LogP contribution in [0, 0.1) is 5.92 Å². The molecule has 27 heavy (non-hydrogen) atoms. The van der Waals surface area contributed by atoms with Gasteiger partial charge in [0, 0.05) is 44.8 Å². The van der Waals surface area contributed by atoms with Crippen LogP contribution in [-0.4, -0.2) is 49.6 Å². The van der Waals surface area contributed by atoms with Crippen molar-refractivity contribution in [3.63, 3.8) is 0 Å². The molecule has 1 aromatic carbocycles. The molecule has 1 aliphatic rings.